The maximum Gasteiger partial charge on any atom is 0.337 e. The Morgan fingerprint density at radius 2 is 1.55 bits per heavy atom. The molecule has 5 N–H and O–H groups in total. The molecule has 300 valence electrons. The number of carbonyl (C=O) groups is 3. The van der Waals surface area contributed by atoms with Crippen LogP contribution in [0, 0.1) is 22.7 Å². The van der Waals surface area contributed by atoms with Crippen LogP contribution >= 0.6 is 0 Å². The first-order chi connectivity index (χ1) is 25.9. The number of benzene rings is 2. The number of nitrogens with one attached hydrogen (secondary N) is 1. The van der Waals surface area contributed by atoms with Gasteiger partial charge in [-0.2, -0.15) is 0 Å². The summed E-state index contributed by atoms with van der Waals surface area (Å²) in [6, 6.07) is 19.0. The van der Waals surface area contributed by atoms with Crippen molar-refractivity contribution in [2.75, 3.05) is 6.61 Å². The lowest BCUT2D eigenvalue weighted by molar-refractivity contribution is -0.335. The van der Waals surface area contributed by atoms with Gasteiger partial charge >= 0.3 is 5.97 Å². The van der Waals surface area contributed by atoms with E-state index >= 15 is 0 Å². The Kier molecular flexibility index (Phi) is 11.2. The first-order valence-electron chi connectivity index (χ1n) is 19.8. The van der Waals surface area contributed by atoms with E-state index in [2.05, 4.69) is 5.32 Å². The van der Waals surface area contributed by atoms with E-state index in [1.807, 2.05) is 57.2 Å². The maximum absolute atomic E-state index is 15.0. The number of aliphatic hydroxyl groups excluding tert-OH is 2. The molecule has 12 heteroatoms. The fraction of sp³-hybridized carbons (Fsp3) is 0.605. The molecule has 1 aliphatic heterocycles. The van der Waals surface area contributed by atoms with Crippen LogP contribution in [-0.2, 0) is 23.5 Å². The number of Topliss-reactive ketones (excluding diaryl/α,β-unsaturated/α-hetero) is 1. The van der Waals surface area contributed by atoms with Crippen molar-refractivity contribution in [2.45, 2.75) is 134 Å². The molecule has 6 rings (SSSR count). The molecule has 55 heavy (non-hydrogen) atoms. The van der Waals surface area contributed by atoms with Crippen LogP contribution in [0.5, 0.6) is 0 Å². The molecule has 11 nitrogen and oxygen atoms in total. The van der Waals surface area contributed by atoms with Gasteiger partial charge in [-0.1, -0.05) is 90.1 Å². The lowest BCUT2D eigenvalue weighted by Gasteiger charge is -2.67. The molecule has 0 radical (unpaired) electrons. The topological polar surface area (TPSA) is 172 Å². The molecule has 0 aromatic heterocycles. The van der Waals surface area contributed by atoms with Crippen LogP contribution in [0.3, 0.4) is 0 Å². The van der Waals surface area contributed by atoms with Gasteiger partial charge in [0.25, 0.3) is 5.91 Å². The van der Waals surface area contributed by atoms with Crippen LogP contribution in [0.1, 0.15) is 90.2 Å². The van der Waals surface area contributed by atoms with Crippen molar-refractivity contribution in [2.24, 2.45) is 22.7 Å². The number of hydrogen-bond acceptors (Lipinski definition) is 10. The lowest BCUT2D eigenvalue weighted by atomic mass is 9.43. The summed E-state index contributed by atoms with van der Waals surface area (Å²) in [5, 5.41) is 51.9. The van der Waals surface area contributed by atoms with E-state index in [9.17, 15) is 34.8 Å². The molecule has 1 saturated heterocycles. The van der Waals surface area contributed by atoms with Gasteiger partial charge in [0.05, 0.1) is 35.9 Å². The molecule has 4 aliphatic rings. The number of ether oxygens (including phenoxy) is 2. The minimum absolute atomic E-state index is 0.0115. The minimum Gasteiger partial charge on any atom is -0.456 e. The van der Waals surface area contributed by atoms with Gasteiger partial charge in [0.1, 0.15) is 17.8 Å². The molecule has 10 unspecified atom stereocenters. The normalized spacial score (nSPS) is 35.2. The Hall–Kier alpha value is -3.23. The monoisotopic (exact) mass is 777 g/mol. The quantitative estimate of drug-likeness (QED) is 0.118. The Balaban J connectivity index is 1.45. The van der Waals surface area contributed by atoms with Gasteiger partial charge in [-0.3, -0.25) is 9.59 Å². The van der Waals surface area contributed by atoms with Crippen LogP contribution in [-0.4, -0.2) is 94.7 Å². The fourth-order valence-electron chi connectivity index (χ4n) is 10.6. The van der Waals surface area contributed by atoms with Crippen LogP contribution in [0.15, 0.2) is 71.8 Å². The molecule has 3 fully saturated rings. The van der Waals surface area contributed by atoms with Gasteiger partial charge in [0.2, 0.25) is 0 Å². The average Bonchev–Trinajstić information content (AvgIpc) is 3.17. The lowest BCUT2D eigenvalue weighted by Crippen LogP contribution is -2.78. The summed E-state index contributed by atoms with van der Waals surface area (Å²) < 4.78 is 19.1. The Labute approximate surface area is 325 Å². The predicted molar refractivity (Wildman–Crippen MR) is 208 cm³/mol. The number of carbonyl (C=O) groups excluding carboxylic acids is 3. The summed E-state index contributed by atoms with van der Waals surface area (Å²) in [5.74, 6) is -3.65. The van der Waals surface area contributed by atoms with Crippen molar-refractivity contribution in [3.8, 4) is 0 Å². The second kappa shape index (κ2) is 14.9. The van der Waals surface area contributed by atoms with Crippen molar-refractivity contribution < 1.29 is 48.7 Å². The number of aliphatic hydroxyl groups is 4. The Morgan fingerprint density at radius 3 is 2.09 bits per heavy atom. The predicted octanol–water partition coefficient (Wildman–Crippen LogP) is 5.03. The number of esters is 1. The van der Waals surface area contributed by atoms with Crippen LogP contribution < -0.4 is 5.32 Å². The number of hydrogen-bond donors (Lipinski definition) is 5. The van der Waals surface area contributed by atoms with Crippen molar-refractivity contribution in [1.82, 2.24) is 5.32 Å². The Bertz CT molecular complexity index is 1790. The molecule has 1 amide bonds. The van der Waals surface area contributed by atoms with Gasteiger partial charge in [0.15, 0.2) is 20.2 Å². The summed E-state index contributed by atoms with van der Waals surface area (Å²) in [6.07, 6.45) is -6.27. The molecule has 3 aliphatic carbocycles. The summed E-state index contributed by atoms with van der Waals surface area (Å²) in [7, 11) is -2.57. The molecule has 11 atom stereocenters. The van der Waals surface area contributed by atoms with Gasteiger partial charge in [-0.25, -0.2) is 4.79 Å². The highest BCUT2D eigenvalue weighted by Gasteiger charge is 2.74. The highest BCUT2D eigenvalue weighted by molar-refractivity contribution is 6.73. The van der Waals surface area contributed by atoms with E-state index in [0.29, 0.717) is 34.8 Å². The van der Waals surface area contributed by atoms with Crippen LogP contribution in [0.4, 0.5) is 0 Å². The third-order valence-electron chi connectivity index (χ3n) is 14.4. The first kappa shape index (κ1) is 41.4. The molecule has 2 aromatic rings. The highest BCUT2D eigenvalue weighted by atomic mass is 28.4. The van der Waals surface area contributed by atoms with Gasteiger partial charge in [0, 0.05) is 29.7 Å². The summed E-state index contributed by atoms with van der Waals surface area (Å²) in [5.41, 5.74) is -4.45. The van der Waals surface area contributed by atoms with E-state index < -0.39 is 96.4 Å². The second-order valence-electron chi connectivity index (χ2n) is 17.1. The van der Waals surface area contributed by atoms with Crippen LogP contribution in [0.25, 0.3) is 0 Å². The molecule has 0 spiro atoms. The van der Waals surface area contributed by atoms with Crippen LogP contribution in [0.2, 0.25) is 18.1 Å². The number of ketones is 1. The van der Waals surface area contributed by atoms with E-state index in [0.717, 1.165) is 0 Å². The number of fused-ring (bicyclic) bond motifs is 5. The largest absolute Gasteiger partial charge is 0.456 e. The second-order valence-corrected chi connectivity index (χ2v) is 21.9. The zero-order valence-corrected chi connectivity index (χ0v) is 34.4. The molecule has 1 heterocycles. The SMILES string of the molecule is CC[Si](CC)(CC)OC(C(=O)OC1CC2(O)C(C)C3C4(O)COC4CC(O)[C@@]3(C)C(=O)C(O)C(=C1C)C2(C)C)C(NC(=O)c1ccccc1)c1ccccc1. The highest BCUT2D eigenvalue weighted by Crippen LogP contribution is 2.64. The van der Waals surface area contributed by atoms with Crippen molar-refractivity contribution in [3.05, 3.63) is 82.9 Å². The third kappa shape index (κ3) is 6.45. The standard InChI is InChI=1S/C43H59NO10Si/c1-9-55(10-2,11-3)54-35(33(27-18-14-12-15-19-27)44-38(48)28-20-16-13-17-21-28)39(49)53-29-23-43(51)26(5)36-41(8,30(45)22-31-42(36,50)24-52-31)37(47)34(46)32(25(29)4)40(43,6)7/h12-21,26,29-31,33-36,45-46,50-51H,9-11,22-24H2,1-8H3,(H,44,48)/t26?,29?,30?,31?,33?,34?,35?,36?,41-,42?,43?/m1/s1. The minimum atomic E-state index is -2.57. The van der Waals surface area contributed by atoms with Gasteiger partial charge < -0.3 is 39.6 Å². The Morgan fingerprint density at radius 1 is 0.964 bits per heavy atom. The number of amides is 1. The van der Waals surface area contributed by atoms with Gasteiger partial charge in [-0.15, -0.1) is 0 Å². The zero-order valence-electron chi connectivity index (χ0n) is 33.4. The van der Waals surface area contributed by atoms with Gasteiger partial charge in [-0.05, 0) is 66.7 Å². The summed E-state index contributed by atoms with van der Waals surface area (Å²) in [6.45, 7) is 14.6. The average molecular weight is 778 g/mol. The van der Waals surface area contributed by atoms with Crippen molar-refractivity contribution in [1.29, 1.82) is 0 Å². The molecule has 2 saturated carbocycles. The van der Waals surface area contributed by atoms with Crippen molar-refractivity contribution >= 4 is 26.0 Å². The number of rotatable bonds is 11. The van der Waals surface area contributed by atoms with E-state index in [-0.39, 0.29) is 25.0 Å². The molecule has 2 bridgehead atoms. The smallest absolute Gasteiger partial charge is 0.337 e. The van der Waals surface area contributed by atoms with Crippen molar-refractivity contribution in [3.63, 3.8) is 0 Å². The summed E-state index contributed by atoms with van der Waals surface area (Å²) in [4.78, 5) is 43.3. The summed E-state index contributed by atoms with van der Waals surface area (Å²) >= 11 is 0. The third-order valence-corrected chi connectivity index (χ3v) is 19.1. The molecule has 2 aromatic carbocycles. The molecular weight excluding hydrogens is 719 g/mol. The first-order valence-corrected chi connectivity index (χ1v) is 22.4. The molecular formula is C43H59NO10Si. The maximum atomic E-state index is 15.0. The van der Waals surface area contributed by atoms with E-state index in [4.69, 9.17) is 13.9 Å². The fourth-order valence-corrected chi connectivity index (χ4v) is 13.4. The van der Waals surface area contributed by atoms with E-state index in [1.165, 1.54) is 0 Å². The zero-order chi connectivity index (χ0) is 40.3. The van der Waals surface area contributed by atoms with E-state index in [1.54, 1.807) is 58.9 Å².